The Morgan fingerprint density at radius 2 is 1.79 bits per heavy atom. The van der Waals surface area contributed by atoms with E-state index >= 15 is 0 Å². The van der Waals surface area contributed by atoms with Crippen molar-refractivity contribution in [3.05, 3.63) is 22.8 Å². The molecule has 0 bridgehead atoms. The van der Waals surface area contributed by atoms with Gasteiger partial charge in [-0.1, -0.05) is 27.7 Å². The molecule has 0 aliphatic heterocycles. The topological polar surface area (TPSA) is 87.0 Å². The highest BCUT2D eigenvalue weighted by atomic mass is 16.5. The number of rotatable bonds is 1. The molecule has 5 nitrogen and oxygen atoms in total. The molecule has 5 heteroatoms. The van der Waals surface area contributed by atoms with E-state index in [1.807, 2.05) is 0 Å². The minimum absolute atomic E-state index is 0.00972. The van der Waals surface area contributed by atoms with E-state index < -0.39 is 5.97 Å². The zero-order valence-corrected chi connectivity index (χ0v) is 17.5. The number of aliphatic hydroxyl groups is 1. The molecule has 2 fully saturated rings. The normalized spacial score (nSPS) is 38.3. The summed E-state index contributed by atoms with van der Waals surface area (Å²) in [6.45, 7) is 8.88. The number of hydrogen-bond donors (Lipinski definition) is 3. The van der Waals surface area contributed by atoms with Gasteiger partial charge in [-0.2, -0.15) is 0 Å². The highest BCUT2D eigenvalue weighted by Crippen LogP contribution is 2.68. The number of carbonyl (C=O) groups is 1. The maximum Gasteiger partial charge on any atom is 0.338 e. The number of fused-ring (bicyclic) bond motifs is 5. The van der Waals surface area contributed by atoms with Gasteiger partial charge in [0.15, 0.2) is 11.5 Å². The summed E-state index contributed by atoms with van der Waals surface area (Å²) in [5, 5.41) is 31.6. The first kappa shape index (κ1) is 19.6. The molecule has 1 unspecified atom stereocenters. The minimum Gasteiger partial charge on any atom is -0.504 e. The van der Waals surface area contributed by atoms with Gasteiger partial charge in [0.1, 0.15) is 0 Å². The molecule has 0 aromatic heterocycles. The number of esters is 1. The predicted molar refractivity (Wildman–Crippen MR) is 106 cm³/mol. The third-order valence-electron chi connectivity index (χ3n) is 8.79. The van der Waals surface area contributed by atoms with Crippen LogP contribution in [0.15, 0.2) is 6.07 Å². The van der Waals surface area contributed by atoms with Crippen LogP contribution in [0.2, 0.25) is 0 Å². The predicted octanol–water partition coefficient (Wildman–Crippen LogP) is 3.91. The molecule has 3 aliphatic rings. The fraction of sp³-hybridized carbons (Fsp3) is 0.696. The second-order valence-electron chi connectivity index (χ2n) is 10.3. The number of benzene rings is 1. The van der Waals surface area contributed by atoms with Crippen LogP contribution in [0.1, 0.15) is 74.9 Å². The van der Waals surface area contributed by atoms with Crippen molar-refractivity contribution >= 4 is 5.97 Å². The third-order valence-corrected chi connectivity index (χ3v) is 8.79. The lowest BCUT2D eigenvalue weighted by Gasteiger charge is -2.62. The Labute approximate surface area is 166 Å². The molecule has 0 radical (unpaired) electrons. The van der Waals surface area contributed by atoms with Gasteiger partial charge in [-0.15, -0.1) is 0 Å². The molecule has 154 valence electrons. The van der Waals surface area contributed by atoms with Crippen LogP contribution >= 0.6 is 0 Å². The summed E-state index contributed by atoms with van der Waals surface area (Å²) in [6, 6.07) is 1.36. The molecule has 2 saturated carbocycles. The van der Waals surface area contributed by atoms with E-state index in [-0.39, 0.29) is 39.8 Å². The van der Waals surface area contributed by atoms with E-state index in [2.05, 4.69) is 27.7 Å². The molecule has 0 amide bonds. The molecule has 1 aromatic rings. The number of phenols is 2. The summed E-state index contributed by atoms with van der Waals surface area (Å²) >= 11 is 0. The smallest absolute Gasteiger partial charge is 0.338 e. The van der Waals surface area contributed by atoms with Crippen LogP contribution in [-0.4, -0.2) is 34.5 Å². The van der Waals surface area contributed by atoms with Gasteiger partial charge >= 0.3 is 5.97 Å². The van der Waals surface area contributed by atoms with Crippen LogP contribution < -0.4 is 0 Å². The van der Waals surface area contributed by atoms with Crippen molar-refractivity contribution in [2.24, 2.45) is 22.7 Å². The van der Waals surface area contributed by atoms with E-state index in [1.54, 1.807) is 0 Å². The van der Waals surface area contributed by atoms with Gasteiger partial charge < -0.3 is 20.1 Å². The van der Waals surface area contributed by atoms with E-state index in [0.29, 0.717) is 23.5 Å². The van der Waals surface area contributed by atoms with E-state index in [9.17, 15) is 20.1 Å². The number of phenolic OH excluding ortho intramolecular Hbond substituents is 2. The number of carbonyl (C=O) groups excluding carboxylic acids is 1. The molecule has 3 N–H and O–H groups in total. The molecule has 0 saturated heterocycles. The molecular formula is C23H32O5. The third kappa shape index (κ3) is 2.25. The minimum atomic E-state index is -0.472. The van der Waals surface area contributed by atoms with E-state index in [1.165, 1.54) is 13.2 Å². The van der Waals surface area contributed by atoms with Gasteiger partial charge in [-0.3, -0.25) is 0 Å². The summed E-state index contributed by atoms with van der Waals surface area (Å²) in [6.07, 6.45) is 3.88. The lowest BCUT2D eigenvalue weighted by molar-refractivity contribution is -0.151. The zero-order valence-electron chi connectivity index (χ0n) is 17.5. The van der Waals surface area contributed by atoms with Crippen molar-refractivity contribution in [3.8, 4) is 11.5 Å². The Bertz CT molecular complexity index is 844. The van der Waals surface area contributed by atoms with Crippen molar-refractivity contribution in [3.63, 3.8) is 0 Å². The number of methoxy groups -OCH3 is 1. The highest BCUT2D eigenvalue weighted by molar-refractivity contribution is 5.93. The fourth-order valence-corrected chi connectivity index (χ4v) is 7.34. The Balaban J connectivity index is 1.89. The van der Waals surface area contributed by atoms with Gasteiger partial charge in [0.05, 0.1) is 18.8 Å². The van der Waals surface area contributed by atoms with Crippen LogP contribution in [0.5, 0.6) is 11.5 Å². The van der Waals surface area contributed by atoms with Crippen LogP contribution in [-0.2, 0) is 16.6 Å². The van der Waals surface area contributed by atoms with E-state index in [0.717, 1.165) is 31.2 Å². The second kappa shape index (κ2) is 5.88. The summed E-state index contributed by atoms with van der Waals surface area (Å²) in [7, 11) is 1.34. The Morgan fingerprint density at radius 1 is 1.11 bits per heavy atom. The van der Waals surface area contributed by atoms with Crippen LogP contribution in [0.3, 0.4) is 0 Å². The van der Waals surface area contributed by atoms with Gasteiger partial charge in [-0.25, -0.2) is 4.79 Å². The summed E-state index contributed by atoms with van der Waals surface area (Å²) in [5.74, 6) is -0.235. The molecule has 5 atom stereocenters. The lowest BCUT2D eigenvalue weighted by Crippen LogP contribution is -2.58. The summed E-state index contributed by atoms with van der Waals surface area (Å²) in [4.78, 5) is 12.5. The zero-order chi connectivity index (χ0) is 20.6. The van der Waals surface area contributed by atoms with Gasteiger partial charge in [0.25, 0.3) is 0 Å². The number of aromatic hydroxyl groups is 2. The summed E-state index contributed by atoms with van der Waals surface area (Å²) < 4.78 is 5.00. The maximum absolute atomic E-state index is 12.5. The fourth-order valence-electron chi connectivity index (χ4n) is 7.34. The van der Waals surface area contributed by atoms with Crippen LogP contribution in [0, 0.1) is 22.7 Å². The standard InChI is InChI=1S/C23H32O5/c1-21(2)15-6-8-23(4)16(22(15,3)9-7-17(21)25)11-12-18(23)13(20(27)28-5)10-14(24)19(12)26/h10,15-17,24-26H,6-9,11H2,1-5H3/t15?,16-,17+,22+,23-/m1/s1. The van der Waals surface area contributed by atoms with Gasteiger partial charge in [-0.05, 0) is 71.8 Å². The van der Waals surface area contributed by atoms with Crippen LogP contribution in [0.25, 0.3) is 0 Å². The number of aliphatic hydroxyl groups excluding tert-OH is 1. The number of hydrogen-bond acceptors (Lipinski definition) is 5. The molecular weight excluding hydrogens is 356 g/mol. The Hall–Kier alpha value is -1.75. The van der Waals surface area contributed by atoms with E-state index in [4.69, 9.17) is 4.74 Å². The molecule has 28 heavy (non-hydrogen) atoms. The quantitative estimate of drug-likeness (QED) is 0.501. The lowest BCUT2D eigenvalue weighted by atomic mass is 9.43. The highest BCUT2D eigenvalue weighted by Gasteiger charge is 2.63. The molecule has 3 aliphatic carbocycles. The number of ether oxygens (including phenoxy) is 1. The van der Waals surface area contributed by atoms with Crippen molar-refractivity contribution < 1.29 is 24.9 Å². The van der Waals surface area contributed by atoms with Crippen molar-refractivity contribution in [1.82, 2.24) is 0 Å². The van der Waals surface area contributed by atoms with Gasteiger partial charge in [0.2, 0.25) is 0 Å². The second-order valence-corrected chi connectivity index (χ2v) is 10.3. The molecule has 0 heterocycles. The first-order valence-corrected chi connectivity index (χ1v) is 10.3. The molecule has 4 rings (SSSR count). The average Bonchev–Trinajstić information content (AvgIpc) is 2.96. The molecule has 1 aromatic carbocycles. The largest absolute Gasteiger partial charge is 0.504 e. The Kier molecular flexibility index (Phi) is 4.11. The van der Waals surface area contributed by atoms with Crippen molar-refractivity contribution in [2.45, 2.75) is 71.3 Å². The Morgan fingerprint density at radius 3 is 2.43 bits per heavy atom. The molecule has 0 spiro atoms. The summed E-state index contributed by atoms with van der Waals surface area (Å²) in [5.41, 5.74) is 1.47. The van der Waals surface area contributed by atoms with Crippen molar-refractivity contribution in [1.29, 1.82) is 0 Å². The SMILES string of the molecule is COC(=O)c1cc(O)c(O)c2c1[C@]1(C)CCC3C(C)(C)[C@@H](O)CC[C@]3(C)[C@H]1C2. The van der Waals surface area contributed by atoms with Crippen molar-refractivity contribution in [2.75, 3.05) is 7.11 Å². The first-order chi connectivity index (χ1) is 13.0. The first-order valence-electron chi connectivity index (χ1n) is 10.3. The van der Waals surface area contributed by atoms with Gasteiger partial charge in [0, 0.05) is 5.56 Å². The average molecular weight is 389 g/mol. The monoisotopic (exact) mass is 388 g/mol. The van der Waals surface area contributed by atoms with Crippen LogP contribution in [0.4, 0.5) is 0 Å². The maximum atomic E-state index is 12.5.